The van der Waals surface area contributed by atoms with E-state index in [0.29, 0.717) is 0 Å². The molecule has 1 aliphatic heterocycles. The third kappa shape index (κ3) is 26.9. The Morgan fingerprint density at radius 2 is 0.848 bits per heavy atom. The second-order valence-corrected chi connectivity index (χ2v) is 14.2. The fourth-order valence-electron chi connectivity index (χ4n) is 6.23. The number of ether oxygens (including phenoxy) is 2. The molecule has 0 aromatic heterocycles. The van der Waals surface area contributed by atoms with Crippen molar-refractivity contribution in [2.75, 3.05) is 27.2 Å². The lowest BCUT2D eigenvalue weighted by Crippen LogP contribution is -2.31. The van der Waals surface area contributed by atoms with Gasteiger partial charge in [0.1, 0.15) is 0 Å². The van der Waals surface area contributed by atoms with Gasteiger partial charge in [-0.15, -0.1) is 0 Å². The zero-order chi connectivity index (χ0) is 33.2. The molecule has 0 aromatic carbocycles. The molecular formula is C43H79NO2. The van der Waals surface area contributed by atoms with Crippen LogP contribution in [0.4, 0.5) is 0 Å². The fourth-order valence-corrected chi connectivity index (χ4v) is 6.23. The van der Waals surface area contributed by atoms with Gasteiger partial charge in [0.15, 0.2) is 5.79 Å². The quantitative estimate of drug-likeness (QED) is 0.0526. The highest BCUT2D eigenvalue weighted by atomic mass is 16.7. The molecular weight excluding hydrogens is 562 g/mol. The summed E-state index contributed by atoms with van der Waals surface area (Å²) in [4.78, 5) is 2.25. The minimum atomic E-state index is -0.336. The van der Waals surface area contributed by atoms with Gasteiger partial charge in [-0.3, -0.25) is 0 Å². The van der Waals surface area contributed by atoms with E-state index in [1.54, 1.807) is 0 Å². The summed E-state index contributed by atoms with van der Waals surface area (Å²) in [5, 5.41) is 0. The summed E-state index contributed by atoms with van der Waals surface area (Å²) in [7, 11) is 4.29. The summed E-state index contributed by atoms with van der Waals surface area (Å²) in [6, 6.07) is 0. The second-order valence-electron chi connectivity index (χ2n) is 14.2. The van der Waals surface area contributed by atoms with Crippen molar-refractivity contribution in [1.82, 2.24) is 4.90 Å². The maximum absolute atomic E-state index is 6.66. The Morgan fingerprint density at radius 3 is 1.20 bits per heavy atom. The lowest BCUT2D eigenvalue weighted by Gasteiger charge is -2.28. The Kier molecular flexibility index (Phi) is 30.2. The van der Waals surface area contributed by atoms with Gasteiger partial charge < -0.3 is 14.4 Å². The normalized spacial score (nSPS) is 16.9. The van der Waals surface area contributed by atoms with Crippen molar-refractivity contribution in [2.24, 2.45) is 0 Å². The van der Waals surface area contributed by atoms with Crippen molar-refractivity contribution in [3.8, 4) is 0 Å². The number of unbranched alkanes of at least 4 members (excludes halogenated alkanes) is 18. The van der Waals surface area contributed by atoms with Crippen LogP contribution in [-0.2, 0) is 9.47 Å². The van der Waals surface area contributed by atoms with Gasteiger partial charge in [-0.05, 0) is 136 Å². The predicted octanol–water partition coefficient (Wildman–Crippen LogP) is 13.5. The Morgan fingerprint density at radius 1 is 0.500 bits per heavy atom. The summed E-state index contributed by atoms with van der Waals surface area (Å²) in [6.07, 6.45) is 53.4. The fraction of sp³-hybridized carbons (Fsp3) is 0.814. The minimum absolute atomic E-state index is 0.251. The van der Waals surface area contributed by atoms with Gasteiger partial charge in [-0.1, -0.05) is 101 Å². The van der Waals surface area contributed by atoms with Crippen molar-refractivity contribution in [2.45, 2.75) is 199 Å². The molecule has 1 unspecified atom stereocenters. The van der Waals surface area contributed by atoms with Crippen LogP contribution in [0.2, 0.25) is 0 Å². The van der Waals surface area contributed by atoms with Gasteiger partial charge in [0.25, 0.3) is 0 Å². The van der Waals surface area contributed by atoms with Gasteiger partial charge in [0.2, 0.25) is 0 Å². The number of allylic oxidation sites excluding steroid dienone is 8. The number of hydrogen-bond donors (Lipinski definition) is 0. The molecule has 1 heterocycles. The third-order valence-electron chi connectivity index (χ3n) is 9.27. The largest absolute Gasteiger partial charge is 0.347 e. The number of hydrogen-bond acceptors (Lipinski definition) is 3. The molecule has 3 nitrogen and oxygen atoms in total. The van der Waals surface area contributed by atoms with Gasteiger partial charge in [0.05, 0.1) is 12.7 Å². The second kappa shape index (κ2) is 32.4. The summed E-state index contributed by atoms with van der Waals surface area (Å²) in [5.74, 6) is -0.336. The van der Waals surface area contributed by atoms with E-state index in [9.17, 15) is 0 Å². The van der Waals surface area contributed by atoms with Gasteiger partial charge in [-0.25, -0.2) is 0 Å². The highest BCUT2D eigenvalue weighted by Gasteiger charge is 2.40. The van der Waals surface area contributed by atoms with Crippen molar-refractivity contribution in [3.63, 3.8) is 0 Å². The first kappa shape index (κ1) is 42.9. The van der Waals surface area contributed by atoms with E-state index < -0.39 is 0 Å². The maximum Gasteiger partial charge on any atom is 0.168 e. The lowest BCUT2D eigenvalue weighted by molar-refractivity contribution is -0.180. The van der Waals surface area contributed by atoms with Gasteiger partial charge in [-0.2, -0.15) is 0 Å². The van der Waals surface area contributed by atoms with Crippen LogP contribution in [0.15, 0.2) is 48.6 Å². The molecule has 0 N–H and O–H groups in total. The van der Waals surface area contributed by atoms with E-state index in [0.717, 1.165) is 32.4 Å². The molecule has 3 heteroatoms. The molecule has 0 spiro atoms. The van der Waals surface area contributed by atoms with Crippen LogP contribution in [-0.4, -0.2) is 44.0 Å². The van der Waals surface area contributed by atoms with Crippen LogP contribution >= 0.6 is 0 Å². The third-order valence-corrected chi connectivity index (χ3v) is 9.27. The topological polar surface area (TPSA) is 21.7 Å². The predicted molar refractivity (Wildman–Crippen MR) is 205 cm³/mol. The standard InChI is InChI=1S/C43H79NO2/c1-5-7-9-11-13-15-17-19-21-23-25-27-29-31-33-35-38-43(45-41-42(46-43)37-40-44(3)4)39-36-34-32-30-28-26-24-22-20-18-16-14-12-10-8-6-2/h13-16,25-28,42H,5-12,17-24,29-41H2,1-4H3/b15-13-,16-14-,27-25-,28-26-. The van der Waals surface area contributed by atoms with Crippen LogP contribution in [0, 0.1) is 0 Å². The first-order valence-corrected chi connectivity index (χ1v) is 20.2. The molecule has 1 aliphatic rings. The summed E-state index contributed by atoms with van der Waals surface area (Å²) < 4.78 is 13.1. The molecule has 1 atom stereocenters. The lowest BCUT2D eigenvalue weighted by atomic mass is 9.99. The Bertz CT molecular complexity index is 704. The first-order valence-electron chi connectivity index (χ1n) is 20.2. The highest BCUT2D eigenvalue weighted by Crippen LogP contribution is 2.35. The summed E-state index contributed by atoms with van der Waals surface area (Å²) in [5.41, 5.74) is 0. The number of nitrogens with zero attached hydrogens (tertiary/aromatic N) is 1. The zero-order valence-corrected chi connectivity index (χ0v) is 31.5. The van der Waals surface area contributed by atoms with Crippen LogP contribution in [0.1, 0.15) is 187 Å². The molecule has 1 rings (SSSR count). The van der Waals surface area contributed by atoms with Crippen molar-refractivity contribution >= 4 is 0 Å². The summed E-state index contributed by atoms with van der Waals surface area (Å²) >= 11 is 0. The van der Waals surface area contributed by atoms with Crippen molar-refractivity contribution in [1.29, 1.82) is 0 Å². The van der Waals surface area contributed by atoms with Gasteiger partial charge >= 0.3 is 0 Å². The van der Waals surface area contributed by atoms with Crippen LogP contribution in [0.25, 0.3) is 0 Å². The van der Waals surface area contributed by atoms with E-state index in [2.05, 4.69) is 81.5 Å². The average Bonchev–Trinajstić information content (AvgIpc) is 3.46. The molecule has 268 valence electrons. The van der Waals surface area contributed by atoms with Crippen LogP contribution in [0.3, 0.4) is 0 Å². The monoisotopic (exact) mass is 642 g/mol. The number of rotatable bonds is 33. The molecule has 1 fully saturated rings. The van der Waals surface area contributed by atoms with Crippen LogP contribution < -0.4 is 0 Å². The molecule has 0 bridgehead atoms. The molecule has 46 heavy (non-hydrogen) atoms. The minimum Gasteiger partial charge on any atom is -0.347 e. The first-order chi connectivity index (χ1) is 22.6. The van der Waals surface area contributed by atoms with Gasteiger partial charge in [0, 0.05) is 19.4 Å². The van der Waals surface area contributed by atoms with E-state index in [1.165, 1.54) is 154 Å². The molecule has 1 saturated heterocycles. The molecule has 0 saturated carbocycles. The highest BCUT2D eigenvalue weighted by molar-refractivity contribution is 4.86. The van der Waals surface area contributed by atoms with Crippen molar-refractivity contribution in [3.05, 3.63) is 48.6 Å². The smallest absolute Gasteiger partial charge is 0.168 e. The SMILES string of the molecule is CCCCC/C=C\CCCC/C=C\CCCCCC1(CCCCC/C=C\CCCC/C=C\CCCCC)OCC(CCN(C)C)O1. The average molecular weight is 642 g/mol. The van der Waals surface area contributed by atoms with E-state index in [4.69, 9.17) is 9.47 Å². The Balaban J connectivity index is 2.18. The Hall–Kier alpha value is -1.16. The Labute approximate surface area is 288 Å². The maximum atomic E-state index is 6.66. The molecule has 0 amide bonds. The molecule has 0 aromatic rings. The zero-order valence-electron chi connectivity index (χ0n) is 31.5. The molecule has 0 radical (unpaired) electrons. The molecule has 0 aliphatic carbocycles. The van der Waals surface area contributed by atoms with E-state index in [1.807, 2.05) is 0 Å². The van der Waals surface area contributed by atoms with E-state index in [-0.39, 0.29) is 11.9 Å². The van der Waals surface area contributed by atoms with Crippen LogP contribution in [0.5, 0.6) is 0 Å². The summed E-state index contributed by atoms with van der Waals surface area (Å²) in [6.45, 7) is 6.38. The van der Waals surface area contributed by atoms with E-state index >= 15 is 0 Å². The van der Waals surface area contributed by atoms with Crippen molar-refractivity contribution < 1.29 is 9.47 Å².